The van der Waals surface area contributed by atoms with Gasteiger partial charge in [0, 0.05) is 63.3 Å². The standard InChI is InChI=1S/C22H23F2N7O/c1-13-7-18(22(32)31-11-16(12-31)20(23)24)27-28-21(13)30-6-4-17-15(10-30)8-14(9-25-17)19-3-5-26-29(19)2/h3,5,7-9,16,20H,4,6,10-12H2,1-2H3. The molecule has 1 saturated heterocycles. The highest BCUT2D eigenvalue weighted by Gasteiger charge is 2.37. The molecule has 0 unspecified atom stereocenters. The molecule has 0 aliphatic carbocycles. The third kappa shape index (κ3) is 3.59. The summed E-state index contributed by atoms with van der Waals surface area (Å²) in [5, 5.41) is 12.7. The molecule has 1 amide bonds. The molecule has 8 nitrogen and oxygen atoms in total. The molecule has 0 radical (unpaired) electrons. The summed E-state index contributed by atoms with van der Waals surface area (Å²) in [7, 11) is 1.90. The first-order valence-corrected chi connectivity index (χ1v) is 10.5. The SMILES string of the molecule is Cc1cc(C(=O)N2CC(C(F)F)C2)nnc1N1CCc2ncc(-c3ccnn3C)cc2C1. The molecule has 0 bridgehead atoms. The quantitative estimate of drug-likeness (QED) is 0.622. The van der Waals surface area contributed by atoms with E-state index < -0.39 is 12.3 Å². The van der Waals surface area contributed by atoms with E-state index in [1.165, 1.54) is 4.90 Å². The van der Waals surface area contributed by atoms with Crippen LogP contribution in [0.3, 0.4) is 0 Å². The zero-order valence-corrected chi connectivity index (χ0v) is 17.9. The highest BCUT2D eigenvalue weighted by atomic mass is 19.3. The number of fused-ring (bicyclic) bond motifs is 1. The van der Waals surface area contributed by atoms with E-state index in [1.54, 1.807) is 12.3 Å². The smallest absolute Gasteiger partial charge is 0.274 e. The maximum atomic E-state index is 12.7. The fourth-order valence-corrected chi connectivity index (χ4v) is 4.30. The number of carbonyl (C=O) groups excluding carboxylic acids is 1. The van der Waals surface area contributed by atoms with Gasteiger partial charge in [-0.2, -0.15) is 5.10 Å². The summed E-state index contributed by atoms with van der Waals surface area (Å²) in [5.41, 5.74) is 5.21. The molecule has 3 aromatic rings. The summed E-state index contributed by atoms with van der Waals surface area (Å²) in [5.74, 6) is -0.379. The van der Waals surface area contributed by atoms with Gasteiger partial charge in [-0.05, 0) is 36.2 Å². The first-order valence-electron chi connectivity index (χ1n) is 10.5. The summed E-state index contributed by atoms with van der Waals surface area (Å²) < 4.78 is 27.2. The fraction of sp³-hybridized carbons (Fsp3) is 0.409. The Bertz CT molecular complexity index is 1170. The molecule has 5 heterocycles. The van der Waals surface area contributed by atoms with Crippen molar-refractivity contribution in [1.82, 2.24) is 29.9 Å². The van der Waals surface area contributed by atoms with E-state index in [2.05, 4.69) is 31.2 Å². The van der Waals surface area contributed by atoms with Crippen molar-refractivity contribution >= 4 is 11.7 Å². The zero-order chi connectivity index (χ0) is 22.4. The van der Waals surface area contributed by atoms with Crippen LogP contribution in [0.2, 0.25) is 0 Å². The first-order chi connectivity index (χ1) is 15.4. The van der Waals surface area contributed by atoms with Gasteiger partial charge in [-0.3, -0.25) is 14.5 Å². The number of carbonyl (C=O) groups is 1. The normalized spacial score (nSPS) is 16.3. The minimum absolute atomic E-state index is 0.0634. The molecule has 0 N–H and O–H groups in total. The number of hydrogen-bond acceptors (Lipinski definition) is 6. The van der Waals surface area contributed by atoms with Crippen LogP contribution in [-0.2, 0) is 20.0 Å². The number of nitrogens with zero attached hydrogens (tertiary/aromatic N) is 7. The molecule has 3 aromatic heterocycles. The van der Waals surface area contributed by atoms with E-state index in [4.69, 9.17) is 0 Å². The van der Waals surface area contributed by atoms with Crippen LogP contribution in [0, 0.1) is 12.8 Å². The Morgan fingerprint density at radius 3 is 2.72 bits per heavy atom. The summed E-state index contributed by atoms with van der Waals surface area (Å²) in [6.45, 7) is 3.40. The zero-order valence-electron chi connectivity index (χ0n) is 17.9. The van der Waals surface area contributed by atoms with Crippen molar-refractivity contribution in [2.24, 2.45) is 13.0 Å². The number of hydrogen-bond donors (Lipinski definition) is 0. The first kappa shape index (κ1) is 20.5. The van der Waals surface area contributed by atoms with Crippen LogP contribution < -0.4 is 4.90 Å². The number of aromatic nitrogens is 5. The number of alkyl halides is 2. The lowest BCUT2D eigenvalue weighted by Gasteiger charge is -2.38. The topological polar surface area (TPSA) is 80.0 Å². The number of pyridine rings is 1. The van der Waals surface area contributed by atoms with Crippen molar-refractivity contribution in [1.29, 1.82) is 0 Å². The second-order valence-corrected chi connectivity index (χ2v) is 8.38. The molecule has 0 saturated carbocycles. The van der Waals surface area contributed by atoms with Gasteiger partial charge < -0.3 is 9.80 Å². The van der Waals surface area contributed by atoms with E-state index in [-0.39, 0.29) is 24.7 Å². The van der Waals surface area contributed by atoms with E-state index in [0.29, 0.717) is 12.4 Å². The number of amides is 1. The Hall–Kier alpha value is -3.43. The average molecular weight is 439 g/mol. The number of aryl methyl sites for hydroxylation is 2. The predicted molar refractivity (Wildman–Crippen MR) is 113 cm³/mol. The van der Waals surface area contributed by atoms with Crippen molar-refractivity contribution in [3.05, 3.63) is 53.1 Å². The van der Waals surface area contributed by atoms with Gasteiger partial charge in [-0.15, -0.1) is 10.2 Å². The van der Waals surface area contributed by atoms with Gasteiger partial charge >= 0.3 is 0 Å². The highest BCUT2D eigenvalue weighted by Crippen LogP contribution is 2.28. The Kier molecular flexibility index (Phi) is 5.07. The average Bonchev–Trinajstić information content (AvgIpc) is 3.17. The molecule has 32 heavy (non-hydrogen) atoms. The Morgan fingerprint density at radius 1 is 1.22 bits per heavy atom. The molecule has 2 aliphatic heterocycles. The summed E-state index contributed by atoms with van der Waals surface area (Å²) >= 11 is 0. The second-order valence-electron chi connectivity index (χ2n) is 8.38. The Morgan fingerprint density at radius 2 is 2.03 bits per heavy atom. The van der Waals surface area contributed by atoms with Gasteiger partial charge in [0.15, 0.2) is 11.5 Å². The second kappa shape index (κ2) is 7.92. The van der Waals surface area contributed by atoms with Gasteiger partial charge in [0.05, 0.1) is 11.6 Å². The Labute approximate surface area is 183 Å². The lowest BCUT2D eigenvalue weighted by Crippen LogP contribution is -2.52. The number of rotatable bonds is 4. The van der Waals surface area contributed by atoms with Gasteiger partial charge in [-0.25, -0.2) is 8.78 Å². The predicted octanol–water partition coefficient (Wildman–Crippen LogP) is 2.48. The molecule has 1 fully saturated rings. The minimum atomic E-state index is -2.40. The minimum Gasteiger partial charge on any atom is -0.350 e. The van der Waals surface area contributed by atoms with E-state index in [0.717, 1.165) is 41.0 Å². The summed E-state index contributed by atoms with van der Waals surface area (Å²) in [6, 6.07) is 5.78. The van der Waals surface area contributed by atoms with Crippen LogP contribution in [0.25, 0.3) is 11.3 Å². The van der Waals surface area contributed by atoms with Gasteiger partial charge in [0.1, 0.15) is 0 Å². The van der Waals surface area contributed by atoms with Gasteiger partial charge in [0.25, 0.3) is 5.91 Å². The lowest BCUT2D eigenvalue weighted by molar-refractivity contribution is -0.0155. The number of halogens is 2. The molecule has 166 valence electrons. The molecule has 0 aromatic carbocycles. The summed E-state index contributed by atoms with van der Waals surface area (Å²) in [4.78, 5) is 20.7. The van der Waals surface area contributed by atoms with E-state index in [1.807, 2.05) is 30.9 Å². The number of anilines is 1. The molecule has 5 rings (SSSR count). The summed E-state index contributed by atoms with van der Waals surface area (Å²) in [6.07, 6.45) is 2.03. The maximum absolute atomic E-state index is 12.7. The molecule has 10 heteroatoms. The van der Waals surface area contributed by atoms with Crippen LogP contribution in [0.5, 0.6) is 0 Å². The fourth-order valence-electron chi connectivity index (χ4n) is 4.30. The van der Waals surface area contributed by atoms with Crippen LogP contribution in [0.15, 0.2) is 30.6 Å². The van der Waals surface area contributed by atoms with Crippen molar-refractivity contribution < 1.29 is 13.6 Å². The third-order valence-electron chi connectivity index (χ3n) is 6.19. The van der Waals surface area contributed by atoms with Crippen LogP contribution in [-0.4, -0.2) is 61.8 Å². The van der Waals surface area contributed by atoms with Crippen LogP contribution in [0.1, 0.15) is 27.3 Å². The largest absolute Gasteiger partial charge is 0.350 e. The van der Waals surface area contributed by atoms with Crippen LogP contribution in [0.4, 0.5) is 14.6 Å². The maximum Gasteiger partial charge on any atom is 0.274 e. The molecular formula is C22H23F2N7O. The molecule has 2 aliphatic rings. The van der Waals surface area contributed by atoms with E-state index >= 15 is 0 Å². The number of likely N-dealkylation sites (tertiary alicyclic amines) is 1. The lowest BCUT2D eigenvalue weighted by atomic mass is 10.00. The Balaban J connectivity index is 1.33. The van der Waals surface area contributed by atoms with Crippen molar-refractivity contribution in [2.45, 2.75) is 26.3 Å². The highest BCUT2D eigenvalue weighted by molar-refractivity contribution is 5.93. The van der Waals surface area contributed by atoms with Crippen molar-refractivity contribution in [3.63, 3.8) is 0 Å². The van der Waals surface area contributed by atoms with Crippen LogP contribution >= 0.6 is 0 Å². The van der Waals surface area contributed by atoms with Crippen molar-refractivity contribution in [3.8, 4) is 11.3 Å². The van der Waals surface area contributed by atoms with Gasteiger partial charge in [-0.1, -0.05) is 0 Å². The van der Waals surface area contributed by atoms with Crippen molar-refractivity contribution in [2.75, 3.05) is 24.5 Å². The molecular weight excluding hydrogens is 416 g/mol. The monoisotopic (exact) mass is 439 g/mol. The van der Waals surface area contributed by atoms with Gasteiger partial charge in [0.2, 0.25) is 6.43 Å². The van der Waals surface area contributed by atoms with E-state index in [9.17, 15) is 13.6 Å². The third-order valence-corrected chi connectivity index (χ3v) is 6.19. The molecule has 0 spiro atoms. The molecule has 0 atom stereocenters.